The second-order valence-electron chi connectivity index (χ2n) is 5.14. The summed E-state index contributed by atoms with van der Waals surface area (Å²) in [6.45, 7) is 3.03. The highest BCUT2D eigenvalue weighted by molar-refractivity contribution is 5.79. The van der Waals surface area contributed by atoms with E-state index < -0.39 is 0 Å². The number of oxime groups is 1. The van der Waals surface area contributed by atoms with Crippen molar-refractivity contribution in [3.63, 3.8) is 0 Å². The van der Waals surface area contributed by atoms with E-state index in [0.29, 0.717) is 0 Å². The van der Waals surface area contributed by atoms with Gasteiger partial charge in [-0.2, -0.15) is 0 Å². The smallest absolute Gasteiger partial charge is 0.119 e. The van der Waals surface area contributed by atoms with Gasteiger partial charge in [0.1, 0.15) is 5.75 Å². The van der Waals surface area contributed by atoms with Crippen LogP contribution in [-0.2, 0) is 0 Å². The fraction of sp³-hybridized carbons (Fsp3) is 0.588. The third-order valence-electron chi connectivity index (χ3n) is 3.35. The third kappa shape index (κ3) is 7.82. The van der Waals surface area contributed by atoms with Crippen molar-refractivity contribution in [1.82, 2.24) is 0 Å². The van der Waals surface area contributed by atoms with Crippen molar-refractivity contribution in [2.75, 3.05) is 6.61 Å². The van der Waals surface area contributed by atoms with Gasteiger partial charge in [-0.05, 0) is 36.2 Å². The first kappa shape index (κ1) is 16.5. The second kappa shape index (κ2) is 11.3. The van der Waals surface area contributed by atoms with E-state index in [-0.39, 0.29) is 0 Å². The highest BCUT2D eigenvalue weighted by Crippen LogP contribution is 2.13. The van der Waals surface area contributed by atoms with Crippen LogP contribution in [0.15, 0.2) is 29.4 Å². The molecule has 0 aromatic heterocycles. The summed E-state index contributed by atoms with van der Waals surface area (Å²) in [7, 11) is 0. The molecule has 0 fully saturated rings. The molecule has 0 saturated heterocycles. The van der Waals surface area contributed by atoms with Crippen LogP contribution in [0.3, 0.4) is 0 Å². The quantitative estimate of drug-likeness (QED) is 0.267. The van der Waals surface area contributed by atoms with Gasteiger partial charge in [0.25, 0.3) is 0 Å². The highest BCUT2D eigenvalue weighted by atomic mass is 16.5. The molecule has 3 heteroatoms. The van der Waals surface area contributed by atoms with E-state index in [4.69, 9.17) is 9.94 Å². The minimum absolute atomic E-state index is 0.780. The topological polar surface area (TPSA) is 41.8 Å². The van der Waals surface area contributed by atoms with Gasteiger partial charge in [-0.3, -0.25) is 0 Å². The maximum atomic E-state index is 8.42. The number of rotatable bonds is 11. The number of hydrogen-bond donors (Lipinski definition) is 1. The molecule has 1 aromatic carbocycles. The Morgan fingerprint density at radius 1 is 0.950 bits per heavy atom. The first-order valence-corrected chi connectivity index (χ1v) is 7.77. The van der Waals surface area contributed by atoms with E-state index >= 15 is 0 Å². The maximum absolute atomic E-state index is 8.42. The molecule has 3 nitrogen and oxygen atoms in total. The Bertz CT molecular complexity index is 360. The van der Waals surface area contributed by atoms with E-state index in [9.17, 15) is 0 Å². The van der Waals surface area contributed by atoms with Gasteiger partial charge in [-0.15, -0.1) is 0 Å². The van der Waals surface area contributed by atoms with Crippen LogP contribution in [0.2, 0.25) is 0 Å². The van der Waals surface area contributed by atoms with Crippen molar-refractivity contribution in [2.24, 2.45) is 5.16 Å². The van der Waals surface area contributed by atoms with Crippen LogP contribution >= 0.6 is 0 Å². The monoisotopic (exact) mass is 277 g/mol. The molecular weight excluding hydrogens is 250 g/mol. The van der Waals surface area contributed by atoms with Gasteiger partial charge < -0.3 is 9.94 Å². The Hall–Kier alpha value is -1.51. The molecule has 0 heterocycles. The summed E-state index contributed by atoms with van der Waals surface area (Å²) < 4.78 is 5.68. The summed E-state index contributed by atoms with van der Waals surface area (Å²) >= 11 is 0. The van der Waals surface area contributed by atoms with Crippen molar-refractivity contribution in [3.8, 4) is 5.75 Å². The average Bonchev–Trinajstić information content (AvgIpc) is 2.47. The van der Waals surface area contributed by atoms with Crippen LogP contribution in [0.25, 0.3) is 0 Å². The van der Waals surface area contributed by atoms with Gasteiger partial charge in [0.2, 0.25) is 0 Å². The molecule has 0 atom stereocenters. The van der Waals surface area contributed by atoms with Crippen LogP contribution in [0.4, 0.5) is 0 Å². The molecule has 20 heavy (non-hydrogen) atoms. The van der Waals surface area contributed by atoms with Gasteiger partial charge in [-0.1, -0.05) is 57.0 Å². The van der Waals surface area contributed by atoms with Crippen LogP contribution in [0.5, 0.6) is 5.75 Å². The Morgan fingerprint density at radius 3 is 2.15 bits per heavy atom. The fourth-order valence-corrected chi connectivity index (χ4v) is 2.14. The predicted octanol–water partition coefficient (Wildman–Crippen LogP) is 5.01. The Kier molecular flexibility index (Phi) is 9.37. The van der Waals surface area contributed by atoms with E-state index in [1.807, 2.05) is 24.3 Å². The third-order valence-corrected chi connectivity index (χ3v) is 3.35. The van der Waals surface area contributed by atoms with E-state index in [1.54, 1.807) is 0 Å². The van der Waals surface area contributed by atoms with Crippen LogP contribution in [0, 0.1) is 0 Å². The molecule has 1 rings (SSSR count). The number of ether oxygens (including phenoxy) is 1. The number of unbranched alkanes of at least 4 members (excludes halogenated alkanes) is 7. The van der Waals surface area contributed by atoms with Gasteiger partial charge in [0.15, 0.2) is 0 Å². The zero-order valence-electron chi connectivity index (χ0n) is 12.6. The van der Waals surface area contributed by atoms with E-state index in [1.165, 1.54) is 51.2 Å². The Morgan fingerprint density at radius 2 is 1.55 bits per heavy atom. The lowest BCUT2D eigenvalue weighted by atomic mass is 10.1. The Labute approximate surface area is 122 Å². The van der Waals surface area contributed by atoms with Crippen LogP contribution in [0.1, 0.15) is 63.9 Å². The fourth-order valence-electron chi connectivity index (χ4n) is 2.14. The molecule has 1 aromatic rings. The molecule has 1 N–H and O–H groups in total. The molecule has 0 unspecified atom stereocenters. The molecule has 0 amide bonds. The van der Waals surface area contributed by atoms with Crippen molar-refractivity contribution in [3.05, 3.63) is 29.8 Å². The van der Waals surface area contributed by atoms with Crippen molar-refractivity contribution in [1.29, 1.82) is 0 Å². The standard InChI is InChI=1S/C17H27NO2/c1-2-3-4-5-6-7-8-9-14-20-17-12-10-16(11-13-17)15-18-19/h10-13,15,19H,2-9,14H2,1H3/b18-15+. The molecule has 0 aliphatic carbocycles. The largest absolute Gasteiger partial charge is 0.494 e. The summed E-state index contributed by atoms with van der Waals surface area (Å²) in [5.41, 5.74) is 0.868. The van der Waals surface area contributed by atoms with E-state index in [2.05, 4.69) is 12.1 Å². The SMILES string of the molecule is CCCCCCCCCCOc1ccc(/C=N/O)cc1. The summed E-state index contributed by atoms with van der Waals surface area (Å²) in [4.78, 5) is 0. The lowest BCUT2D eigenvalue weighted by Gasteiger charge is -2.06. The first-order chi connectivity index (χ1) is 9.86. The summed E-state index contributed by atoms with van der Waals surface area (Å²) in [6.07, 6.45) is 11.9. The highest BCUT2D eigenvalue weighted by Gasteiger charge is 1.95. The molecule has 112 valence electrons. The lowest BCUT2D eigenvalue weighted by Crippen LogP contribution is -1.97. The first-order valence-electron chi connectivity index (χ1n) is 7.77. The molecule has 0 aliphatic rings. The normalized spacial score (nSPS) is 11.1. The molecular formula is C17H27NO2. The molecule has 0 spiro atoms. The van der Waals surface area contributed by atoms with E-state index in [0.717, 1.165) is 24.3 Å². The lowest BCUT2D eigenvalue weighted by molar-refractivity contribution is 0.304. The number of nitrogens with zero attached hydrogens (tertiary/aromatic N) is 1. The number of hydrogen-bond acceptors (Lipinski definition) is 3. The summed E-state index contributed by atoms with van der Waals surface area (Å²) in [6, 6.07) is 7.56. The van der Waals surface area contributed by atoms with Crippen LogP contribution in [-0.4, -0.2) is 18.0 Å². The van der Waals surface area contributed by atoms with Gasteiger partial charge >= 0.3 is 0 Å². The maximum Gasteiger partial charge on any atom is 0.119 e. The van der Waals surface area contributed by atoms with Crippen molar-refractivity contribution in [2.45, 2.75) is 58.3 Å². The molecule has 0 radical (unpaired) electrons. The van der Waals surface area contributed by atoms with Crippen LogP contribution < -0.4 is 4.74 Å². The Balaban J connectivity index is 2.01. The van der Waals surface area contributed by atoms with Gasteiger partial charge in [0.05, 0.1) is 12.8 Å². The molecule has 0 bridgehead atoms. The number of benzene rings is 1. The molecule has 0 saturated carbocycles. The predicted molar refractivity (Wildman–Crippen MR) is 83.9 cm³/mol. The zero-order valence-corrected chi connectivity index (χ0v) is 12.6. The summed E-state index contributed by atoms with van der Waals surface area (Å²) in [5.74, 6) is 0.878. The minimum Gasteiger partial charge on any atom is -0.494 e. The minimum atomic E-state index is 0.780. The molecule has 0 aliphatic heterocycles. The summed E-state index contributed by atoms with van der Waals surface area (Å²) in [5, 5.41) is 11.4. The van der Waals surface area contributed by atoms with Crippen molar-refractivity contribution >= 4 is 6.21 Å². The second-order valence-corrected chi connectivity index (χ2v) is 5.14. The van der Waals surface area contributed by atoms with Crippen molar-refractivity contribution < 1.29 is 9.94 Å². The zero-order chi connectivity index (χ0) is 14.5. The van der Waals surface area contributed by atoms with Gasteiger partial charge in [-0.25, -0.2) is 0 Å². The average molecular weight is 277 g/mol. The van der Waals surface area contributed by atoms with Gasteiger partial charge in [0, 0.05) is 0 Å².